The van der Waals surface area contributed by atoms with E-state index >= 15 is 0 Å². The number of carbonyl (C=O) groups is 2. The molecule has 0 aliphatic heterocycles. The van der Waals surface area contributed by atoms with Gasteiger partial charge in [-0.3, -0.25) is 9.59 Å². The van der Waals surface area contributed by atoms with Crippen molar-refractivity contribution in [2.75, 3.05) is 5.75 Å². The average Bonchev–Trinajstić information content (AvgIpc) is 3.16. The van der Waals surface area contributed by atoms with Crippen LogP contribution in [0.3, 0.4) is 0 Å². The summed E-state index contributed by atoms with van der Waals surface area (Å²) in [4.78, 5) is 24.8. The minimum absolute atomic E-state index is 0.0279. The van der Waals surface area contributed by atoms with E-state index < -0.39 is 0 Å². The Balaban J connectivity index is 1.67. The lowest BCUT2D eigenvalue weighted by Crippen LogP contribution is -2.28. The Bertz CT molecular complexity index is 990. The van der Waals surface area contributed by atoms with Crippen molar-refractivity contribution < 1.29 is 9.59 Å². The summed E-state index contributed by atoms with van der Waals surface area (Å²) in [6.07, 6.45) is 0. The van der Waals surface area contributed by atoms with Crippen molar-refractivity contribution in [3.63, 3.8) is 0 Å². The van der Waals surface area contributed by atoms with Crippen LogP contribution in [0.5, 0.6) is 0 Å². The number of benzene rings is 2. The number of aromatic nitrogens is 3. The van der Waals surface area contributed by atoms with Crippen molar-refractivity contribution in [1.82, 2.24) is 20.1 Å². The Kier molecular flexibility index (Phi) is 7.22. The molecule has 0 spiro atoms. The molecule has 6 nitrogen and oxygen atoms in total. The highest BCUT2D eigenvalue weighted by molar-refractivity contribution is 9.10. The highest BCUT2D eigenvalue weighted by Gasteiger charge is 2.20. The quantitative estimate of drug-likeness (QED) is 0.385. The van der Waals surface area contributed by atoms with Crippen LogP contribution in [0, 0.1) is 0 Å². The summed E-state index contributed by atoms with van der Waals surface area (Å²) in [5.74, 6) is 0.795. The Morgan fingerprint density at radius 3 is 2.41 bits per heavy atom. The molecular formula is C21H21BrN4O2S. The van der Waals surface area contributed by atoms with Crippen molar-refractivity contribution in [2.45, 2.75) is 31.6 Å². The number of nitrogens with one attached hydrogen (secondary N) is 1. The zero-order valence-corrected chi connectivity index (χ0v) is 18.5. The minimum atomic E-state index is -0.313. The molecule has 1 amide bonds. The summed E-state index contributed by atoms with van der Waals surface area (Å²) >= 11 is 4.72. The smallest absolute Gasteiger partial charge is 0.251 e. The first-order chi connectivity index (χ1) is 14.0. The lowest BCUT2D eigenvalue weighted by Gasteiger charge is -2.15. The van der Waals surface area contributed by atoms with Gasteiger partial charge in [-0.25, -0.2) is 0 Å². The van der Waals surface area contributed by atoms with Crippen LogP contribution in [0.25, 0.3) is 0 Å². The first kappa shape index (κ1) is 21.3. The molecule has 150 valence electrons. The highest BCUT2D eigenvalue weighted by Crippen LogP contribution is 2.22. The van der Waals surface area contributed by atoms with Gasteiger partial charge in [0.1, 0.15) is 0 Å². The number of rotatable bonds is 8. The third kappa shape index (κ3) is 5.33. The number of thioether (sulfide) groups is 1. The second-order valence-electron chi connectivity index (χ2n) is 6.36. The number of amides is 1. The van der Waals surface area contributed by atoms with E-state index in [0.29, 0.717) is 28.7 Å². The van der Waals surface area contributed by atoms with Gasteiger partial charge < -0.3 is 9.88 Å². The highest BCUT2D eigenvalue weighted by atomic mass is 79.9. The molecule has 0 saturated heterocycles. The fourth-order valence-corrected chi connectivity index (χ4v) is 3.98. The molecule has 1 heterocycles. The molecule has 1 aromatic heterocycles. The molecule has 0 unspecified atom stereocenters. The van der Waals surface area contributed by atoms with Crippen LogP contribution in [0.4, 0.5) is 0 Å². The number of Topliss-reactive ketones (excluding diaryl/α,β-unsaturated/α-hetero) is 1. The van der Waals surface area contributed by atoms with Gasteiger partial charge in [-0.1, -0.05) is 58.0 Å². The molecule has 0 saturated carbocycles. The Morgan fingerprint density at radius 1 is 1.07 bits per heavy atom. The van der Waals surface area contributed by atoms with Gasteiger partial charge in [0.25, 0.3) is 5.91 Å². The third-order valence-corrected chi connectivity index (χ3v) is 5.83. The van der Waals surface area contributed by atoms with Gasteiger partial charge in [0.05, 0.1) is 11.8 Å². The van der Waals surface area contributed by atoms with E-state index in [1.807, 2.05) is 48.7 Å². The molecule has 0 bridgehead atoms. The number of nitrogens with zero attached hydrogens (tertiary/aromatic N) is 3. The summed E-state index contributed by atoms with van der Waals surface area (Å²) in [5, 5.41) is 12.1. The van der Waals surface area contributed by atoms with Crippen LogP contribution in [0.15, 0.2) is 64.2 Å². The van der Waals surface area contributed by atoms with Gasteiger partial charge in [-0.2, -0.15) is 0 Å². The normalized spacial score (nSPS) is 11.8. The van der Waals surface area contributed by atoms with E-state index in [4.69, 9.17) is 0 Å². The van der Waals surface area contributed by atoms with Crippen molar-refractivity contribution in [3.05, 3.63) is 76.0 Å². The molecule has 1 N–H and O–H groups in total. The standard InChI is InChI=1S/C21H21BrN4O2S/c1-3-26-19(14(2)23-20(28)16-7-5-4-6-8-16)24-25-21(26)29-13-18(27)15-9-11-17(22)12-10-15/h4-12,14H,3,13H2,1-2H3,(H,23,28)/t14-/m0/s1. The molecule has 3 rings (SSSR count). The van der Waals surface area contributed by atoms with Gasteiger partial charge in [0, 0.05) is 22.1 Å². The molecule has 8 heteroatoms. The maximum absolute atomic E-state index is 12.4. The topological polar surface area (TPSA) is 76.9 Å². The van der Waals surface area contributed by atoms with E-state index in [-0.39, 0.29) is 23.5 Å². The van der Waals surface area contributed by atoms with E-state index in [1.165, 1.54) is 11.8 Å². The predicted molar refractivity (Wildman–Crippen MR) is 117 cm³/mol. The molecule has 1 atom stereocenters. The maximum atomic E-state index is 12.4. The van der Waals surface area contributed by atoms with Crippen molar-refractivity contribution in [3.8, 4) is 0 Å². The fourth-order valence-electron chi connectivity index (χ4n) is 2.81. The van der Waals surface area contributed by atoms with Crippen LogP contribution >= 0.6 is 27.7 Å². The fraction of sp³-hybridized carbons (Fsp3) is 0.238. The van der Waals surface area contributed by atoms with Gasteiger partial charge in [-0.05, 0) is 38.1 Å². The monoisotopic (exact) mass is 472 g/mol. The van der Waals surface area contributed by atoms with Gasteiger partial charge in [0.2, 0.25) is 0 Å². The maximum Gasteiger partial charge on any atom is 0.251 e. The van der Waals surface area contributed by atoms with Crippen LogP contribution in [0.1, 0.15) is 46.4 Å². The van der Waals surface area contributed by atoms with Crippen LogP contribution in [-0.4, -0.2) is 32.2 Å². The van der Waals surface area contributed by atoms with Crippen LogP contribution < -0.4 is 5.32 Å². The van der Waals surface area contributed by atoms with E-state index in [9.17, 15) is 9.59 Å². The molecule has 3 aromatic rings. The summed E-state index contributed by atoms with van der Waals surface area (Å²) in [6.45, 7) is 4.50. The first-order valence-corrected chi connectivity index (χ1v) is 11.0. The number of carbonyl (C=O) groups excluding carboxylic acids is 2. The number of ketones is 1. The minimum Gasteiger partial charge on any atom is -0.342 e. The summed E-state index contributed by atoms with van der Waals surface area (Å²) < 4.78 is 2.86. The lowest BCUT2D eigenvalue weighted by molar-refractivity contribution is 0.0936. The predicted octanol–water partition coefficient (Wildman–Crippen LogP) is 4.53. The molecule has 0 radical (unpaired) electrons. The number of hydrogen-bond donors (Lipinski definition) is 1. The van der Waals surface area contributed by atoms with Crippen molar-refractivity contribution in [1.29, 1.82) is 0 Å². The number of hydrogen-bond acceptors (Lipinski definition) is 5. The molecule has 29 heavy (non-hydrogen) atoms. The summed E-state index contributed by atoms with van der Waals surface area (Å²) in [5.41, 5.74) is 1.25. The van der Waals surface area contributed by atoms with Gasteiger partial charge in [0.15, 0.2) is 16.8 Å². The largest absolute Gasteiger partial charge is 0.342 e. The molecule has 0 aliphatic rings. The van der Waals surface area contributed by atoms with Crippen molar-refractivity contribution >= 4 is 39.4 Å². The average molecular weight is 473 g/mol. The Hall–Kier alpha value is -2.45. The Labute approximate surface area is 182 Å². The number of halogens is 1. The third-order valence-electron chi connectivity index (χ3n) is 4.33. The second kappa shape index (κ2) is 9.84. The molecular weight excluding hydrogens is 452 g/mol. The molecule has 2 aromatic carbocycles. The van der Waals surface area contributed by atoms with Gasteiger partial charge >= 0.3 is 0 Å². The van der Waals surface area contributed by atoms with Crippen LogP contribution in [0.2, 0.25) is 0 Å². The molecule has 0 aliphatic carbocycles. The van der Waals surface area contributed by atoms with E-state index in [0.717, 1.165) is 4.47 Å². The van der Waals surface area contributed by atoms with Gasteiger partial charge in [-0.15, -0.1) is 10.2 Å². The zero-order chi connectivity index (χ0) is 20.8. The summed E-state index contributed by atoms with van der Waals surface area (Å²) in [6, 6.07) is 16.0. The van der Waals surface area contributed by atoms with Crippen molar-refractivity contribution in [2.24, 2.45) is 0 Å². The zero-order valence-electron chi connectivity index (χ0n) is 16.1. The summed E-state index contributed by atoms with van der Waals surface area (Å²) in [7, 11) is 0. The first-order valence-electron chi connectivity index (χ1n) is 9.20. The van der Waals surface area contributed by atoms with E-state index in [2.05, 4.69) is 31.4 Å². The van der Waals surface area contributed by atoms with Crippen LogP contribution in [-0.2, 0) is 6.54 Å². The van der Waals surface area contributed by atoms with E-state index in [1.54, 1.807) is 24.3 Å². The Morgan fingerprint density at radius 2 is 1.76 bits per heavy atom. The molecule has 0 fully saturated rings. The SMILES string of the molecule is CCn1c(SCC(=O)c2ccc(Br)cc2)nnc1[C@H](C)NC(=O)c1ccccc1. The second-order valence-corrected chi connectivity index (χ2v) is 8.22. The lowest BCUT2D eigenvalue weighted by atomic mass is 10.2.